The molecule has 1 aromatic rings. The fraction of sp³-hybridized carbons (Fsp3) is 0.429. The summed E-state index contributed by atoms with van der Waals surface area (Å²) in [5.74, 6) is -1.23. The molecule has 2 unspecified atom stereocenters. The summed E-state index contributed by atoms with van der Waals surface area (Å²) in [6.45, 7) is 4.10. The number of hydrogen-bond donors (Lipinski definition) is 1. The molecule has 19 heavy (non-hydrogen) atoms. The average Bonchev–Trinajstić information content (AvgIpc) is 2.74. The van der Waals surface area contributed by atoms with E-state index in [2.05, 4.69) is 0 Å². The number of carbonyl (C=O) groups excluding carboxylic acids is 1. The van der Waals surface area contributed by atoms with Crippen LogP contribution in [0.4, 0.5) is 0 Å². The van der Waals surface area contributed by atoms with E-state index in [1.165, 1.54) is 4.90 Å². The molecule has 102 valence electrons. The first kappa shape index (κ1) is 13.9. The molecule has 0 aromatic heterocycles. The van der Waals surface area contributed by atoms with Crippen LogP contribution in [0.3, 0.4) is 0 Å². The molecule has 1 fully saturated rings. The van der Waals surface area contributed by atoms with Crippen LogP contribution >= 0.6 is 11.6 Å². The summed E-state index contributed by atoms with van der Waals surface area (Å²) >= 11 is 6.01. The van der Waals surface area contributed by atoms with Gasteiger partial charge in [-0.3, -0.25) is 4.79 Å². The lowest BCUT2D eigenvalue weighted by atomic mass is 10.0. The predicted molar refractivity (Wildman–Crippen MR) is 72.4 cm³/mol. The molecule has 2 rings (SSSR count). The third kappa shape index (κ3) is 2.45. The molecule has 4 nitrogen and oxygen atoms in total. The van der Waals surface area contributed by atoms with Crippen LogP contribution in [-0.4, -0.2) is 34.5 Å². The van der Waals surface area contributed by atoms with E-state index >= 15 is 0 Å². The van der Waals surface area contributed by atoms with Gasteiger partial charge in [-0.1, -0.05) is 24.6 Å². The van der Waals surface area contributed by atoms with E-state index in [4.69, 9.17) is 11.6 Å². The number of likely N-dealkylation sites (tertiary alicyclic amines) is 1. The Labute approximate surface area is 117 Å². The molecule has 1 aliphatic rings. The first-order valence-corrected chi connectivity index (χ1v) is 6.60. The zero-order valence-electron chi connectivity index (χ0n) is 10.9. The Balaban J connectivity index is 2.34. The molecule has 0 bridgehead atoms. The lowest BCUT2D eigenvalue weighted by molar-refractivity contribution is -0.142. The molecule has 0 radical (unpaired) electrons. The number of nitrogens with zero attached hydrogens (tertiary/aromatic N) is 1. The molecule has 1 heterocycles. The number of halogens is 1. The van der Waals surface area contributed by atoms with Crippen molar-refractivity contribution in [1.82, 2.24) is 4.90 Å². The fourth-order valence-corrected chi connectivity index (χ4v) is 2.72. The Kier molecular flexibility index (Phi) is 3.80. The fourth-order valence-electron chi connectivity index (χ4n) is 2.55. The maximum absolute atomic E-state index is 12.5. The maximum Gasteiger partial charge on any atom is 0.326 e. The topological polar surface area (TPSA) is 57.6 Å². The largest absolute Gasteiger partial charge is 0.480 e. The number of hydrogen-bond acceptors (Lipinski definition) is 2. The molecule has 5 heteroatoms. The molecule has 1 N–H and O–H groups in total. The van der Waals surface area contributed by atoms with Crippen LogP contribution in [0.25, 0.3) is 0 Å². The first-order valence-electron chi connectivity index (χ1n) is 6.22. The summed E-state index contributed by atoms with van der Waals surface area (Å²) in [7, 11) is 0. The van der Waals surface area contributed by atoms with Crippen molar-refractivity contribution in [2.45, 2.75) is 26.3 Å². The van der Waals surface area contributed by atoms with Gasteiger partial charge in [0.2, 0.25) is 0 Å². The summed E-state index contributed by atoms with van der Waals surface area (Å²) < 4.78 is 0. The Bertz CT molecular complexity index is 529. The van der Waals surface area contributed by atoms with Crippen LogP contribution in [0, 0.1) is 12.8 Å². The molecular weight excluding hydrogens is 266 g/mol. The maximum atomic E-state index is 12.5. The van der Waals surface area contributed by atoms with Gasteiger partial charge in [-0.15, -0.1) is 0 Å². The van der Waals surface area contributed by atoms with Gasteiger partial charge >= 0.3 is 5.97 Å². The summed E-state index contributed by atoms with van der Waals surface area (Å²) in [4.78, 5) is 25.2. The highest BCUT2D eigenvalue weighted by molar-refractivity contribution is 6.31. The van der Waals surface area contributed by atoms with E-state index in [0.29, 0.717) is 29.1 Å². The van der Waals surface area contributed by atoms with Crippen LogP contribution in [0.15, 0.2) is 18.2 Å². The van der Waals surface area contributed by atoms with Gasteiger partial charge in [0.15, 0.2) is 0 Å². The van der Waals surface area contributed by atoms with E-state index in [9.17, 15) is 14.7 Å². The van der Waals surface area contributed by atoms with E-state index in [1.807, 2.05) is 6.92 Å². The van der Waals surface area contributed by atoms with Gasteiger partial charge in [0, 0.05) is 17.1 Å². The minimum atomic E-state index is -0.946. The number of carbonyl (C=O) groups is 2. The predicted octanol–water partition coefficient (Wildman–Crippen LogP) is 2.58. The molecule has 0 aliphatic carbocycles. The Hall–Kier alpha value is -1.55. The lowest BCUT2D eigenvalue weighted by Crippen LogP contribution is -2.43. The minimum Gasteiger partial charge on any atom is -0.480 e. The van der Waals surface area contributed by atoms with Crippen LogP contribution in [-0.2, 0) is 4.79 Å². The van der Waals surface area contributed by atoms with Crippen molar-refractivity contribution in [1.29, 1.82) is 0 Å². The van der Waals surface area contributed by atoms with Crippen LogP contribution < -0.4 is 0 Å². The normalized spacial score (nSPS) is 22.6. The number of amides is 1. The van der Waals surface area contributed by atoms with Crippen molar-refractivity contribution in [3.63, 3.8) is 0 Å². The van der Waals surface area contributed by atoms with Crippen LogP contribution in [0.1, 0.15) is 29.3 Å². The van der Waals surface area contributed by atoms with Crippen molar-refractivity contribution in [3.05, 3.63) is 34.3 Å². The smallest absolute Gasteiger partial charge is 0.326 e. The van der Waals surface area contributed by atoms with Gasteiger partial charge in [0.1, 0.15) is 6.04 Å². The molecule has 0 spiro atoms. The summed E-state index contributed by atoms with van der Waals surface area (Å²) in [6, 6.07) is 4.36. The molecule has 1 aromatic carbocycles. The SMILES string of the molecule is Cc1c(Cl)cccc1C(=O)N1CCC(C)C1C(=O)O. The summed E-state index contributed by atoms with van der Waals surface area (Å²) in [5, 5.41) is 9.77. The average molecular weight is 282 g/mol. The number of benzene rings is 1. The monoisotopic (exact) mass is 281 g/mol. The van der Waals surface area contributed by atoms with Gasteiger partial charge < -0.3 is 10.0 Å². The summed E-state index contributed by atoms with van der Waals surface area (Å²) in [6.07, 6.45) is 0.711. The third-order valence-corrected chi connectivity index (χ3v) is 4.12. The van der Waals surface area contributed by atoms with Crippen LogP contribution in [0.5, 0.6) is 0 Å². The van der Waals surface area contributed by atoms with Crippen LogP contribution in [0.2, 0.25) is 5.02 Å². The molecule has 1 saturated heterocycles. The quantitative estimate of drug-likeness (QED) is 0.906. The molecule has 1 amide bonds. The van der Waals surface area contributed by atoms with Crippen molar-refractivity contribution >= 4 is 23.5 Å². The van der Waals surface area contributed by atoms with Crippen molar-refractivity contribution in [3.8, 4) is 0 Å². The Morgan fingerprint density at radius 3 is 2.74 bits per heavy atom. The van der Waals surface area contributed by atoms with Gasteiger partial charge in [-0.2, -0.15) is 0 Å². The Morgan fingerprint density at radius 2 is 2.11 bits per heavy atom. The molecule has 0 saturated carbocycles. The number of rotatable bonds is 2. The highest BCUT2D eigenvalue weighted by Crippen LogP contribution is 2.28. The highest BCUT2D eigenvalue weighted by Gasteiger charge is 2.40. The van der Waals surface area contributed by atoms with Gasteiger partial charge in [-0.05, 0) is 37.0 Å². The lowest BCUT2D eigenvalue weighted by Gasteiger charge is -2.24. The van der Waals surface area contributed by atoms with E-state index in [-0.39, 0.29) is 11.8 Å². The zero-order valence-corrected chi connectivity index (χ0v) is 11.6. The standard InChI is InChI=1S/C14H16ClNO3/c1-8-6-7-16(12(8)14(18)19)13(17)10-4-3-5-11(15)9(10)2/h3-5,8,12H,6-7H2,1-2H3,(H,18,19). The molecular formula is C14H16ClNO3. The second-order valence-corrected chi connectivity index (χ2v) is 5.37. The van der Waals surface area contributed by atoms with Crippen molar-refractivity contribution in [2.24, 2.45) is 5.92 Å². The minimum absolute atomic E-state index is 0.0269. The summed E-state index contributed by atoms with van der Waals surface area (Å²) in [5.41, 5.74) is 1.17. The zero-order chi connectivity index (χ0) is 14.2. The highest BCUT2D eigenvalue weighted by atomic mass is 35.5. The number of aliphatic carboxylic acids is 1. The third-order valence-electron chi connectivity index (χ3n) is 3.71. The van der Waals surface area contributed by atoms with Crippen molar-refractivity contribution < 1.29 is 14.7 Å². The number of carboxylic acid groups (broad SMARTS) is 1. The van der Waals surface area contributed by atoms with Gasteiger partial charge in [0.05, 0.1) is 0 Å². The van der Waals surface area contributed by atoms with Crippen molar-refractivity contribution in [2.75, 3.05) is 6.54 Å². The van der Waals surface area contributed by atoms with Gasteiger partial charge in [-0.25, -0.2) is 4.79 Å². The molecule has 2 atom stereocenters. The first-order chi connectivity index (χ1) is 8.93. The number of carboxylic acids is 1. The van der Waals surface area contributed by atoms with E-state index in [1.54, 1.807) is 25.1 Å². The Morgan fingerprint density at radius 1 is 1.42 bits per heavy atom. The van der Waals surface area contributed by atoms with E-state index in [0.717, 1.165) is 0 Å². The second-order valence-electron chi connectivity index (χ2n) is 4.96. The molecule has 1 aliphatic heterocycles. The van der Waals surface area contributed by atoms with Gasteiger partial charge in [0.25, 0.3) is 5.91 Å². The van der Waals surface area contributed by atoms with E-state index < -0.39 is 12.0 Å². The second kappa shape index (κ2) is 5.21.